The van der Waals surface area contributed by atoms with E-state index in [9.17, 15) is 9.59 Å². The molecule has 2 aliphatic rings. The van der Waals surface area contributed by atoms with Gasteiger partial charge in [-0.1, -0.05) is 19.1 Å². The molecule has 27 heavy (non-hydrogen) atoms. The van der Waals surface area contributed by atoms with Crippen LogP contribution in [0.5, 0.6) is 5.75 Å². The first-order chi connectivity index (χ1) is 12.5. The van der Waals surface area contributed by atoms with Crippen LogP contribution in [0.2, 0.25) is 0 Å². The van der Waals surface area contributed by atoms with E-state index in [2.05, 4.69) is 17.6 Å². The number of hydrogen-bond acceptors (Lipinski definition) is 4. The quantitative estimate of drug-likeness (QED) is 0.775. The molecule has 150 valence electrons. The van der Waals surface area contributed by atoms with Crippen molar-refractivity contribution >= 4 is 29.9 Å². The Hall–Kier alpha value is -1.79. The van der Waals surface area contributed by atoms with Crippen LogP contribution in [0.4, 0.5) is 5.69 Å². The van der Waals surface area contributed by atoms with Gasteiger partial charge in [0.1, 0.15) is 5.75 Å². The molecule has 6 nitrogen and oxygen atoms in total. The van der Waals surface area contributed by atoms with Crippen molar-refractivity contribution in [2.75, 3.05) is 37.7 Å². The van der Waals surface area contributed by atoms with Gasteiger partial charge in [0.2, 0.25) is 11.8 Å². The van der Waals surface area contributed by atoms with Crippen LogP contribution in [-0.2, 0) is 9.59 Å². The fourth-order valence-electron chi connectivity index (χ4n) is 3.73. The molecule has 2 aliphatic heterocycles. The lowest BCUT2D eigenvalue weighted by molar-refractivity contribution is -0.126. The van der Waals surface area contributed by atoms with Crippen molar-refractivity contribution in [3.63, 3.8) is 0 Å². The number of hydrogen-bond donors (Lipinski definition) is 2. The maximum Gasteiger partial charge on any atom is 0.227 e. The molecule has 1 aromatic carbocycles. The van der Waals surface area contributed by atoms with Crippen molar-refractivity contribution in [2.45, 2.75) is 33.1 Å². The number of piperidine rings is 1. The zero-order valence-corrected chi connectivity index (χ0v) is 16.9. The van der Waals surface area contributed by atoms with E-state index >= 15 is 0 Å². The van der Waals surface area contributed by atoms with E-state index < -0.39 is 0 Å². The minimum absolute atomic E-state index is 0. The molecule has 2 fully saturated rings. The van der Waals surface area contributed by atoms with Crippen molar-refractivity contribution in [1.29, 1.82) is 0 Å². The predicted molar refractivity (Wildman–Crippen MR) is 109 cm³/mol. The fraction of sp³-hybridized carbons (Fsp3) is 0.600. The molecule has 0 aliphatic carbocycles. The smallest absolute Gasteiger partial charge is 0.227 e. The molecule has 7 heteroatoms. The van der Waals surface area contributed by atoms with Gasteiger partial charge in [0, 0.05) is 19.5 Å². The summed E-state index contributed by atoms with van der Waals surface area (Å²) >= 11 is 0. The first kappa shape index (κ1) is 21.5. The summed E-state index contributed by atoms with van der Waals surface area (Å²) in [5.41, 5.74) is 0.894. The lowest BCUT2D eigenvalue weighted by atomic mass is 9.81. The third-order valence-corrected chi connectivity index (χ3v) is 5.45. The first-order valence-electron chi connectivity index (χ1n) is 9.53. The van der Waals surface area contributed by atoms with Gasteiger partial charge in [-0.15, -0.1) is 12.4 Å². The average Bonchev–Trinajstić information content (AvgIpc) is 3.03. The Morgan fingerprint density at radius 3 is 2.74 bits per heavy atom. The maximum atomic E-state index is 12.6. The molecule has 2 heterocycles. The van der Waals surface area contributed by atoms with Crippen LogP contribution in [0.25, 0.3) is 0 Å². The van der Waals surface area contributed by atoms with E-state index in [1.807, 2.05) is 31.2 Å². The van der Waals surface area contributed by atoms with Gasteiger partial charge >= 0.3 is 0 Å². The van der Waals surface area contributed by atoms with Crippen LogP contribution in [0, 0.1) is 11.3 Å². The Morgan fingerprint density at radius 1 is 1.33 bits per heavy atom. The van der Waals surface area contributed by atoms with Crippen LogP contribution >= 0.6 is 12.4 Å². The summed E-state index contributed by atoms with van der Waals surface area (Å²) in [6.45, 7) is 7.75. The van der Waals surface area contributed by atoms with E-state index in [0.717, 1.165) is 31.6 Å². The largest absolute Gasteiger partial charge is 0.492 e. The lowest BCUT2D eigenvalue weighted by Crippen LogP contribution is -2.44. The second kappa shape index (κ2) is 9.42. The van der Waals surface area contributed by atoms with Crippen LogP contribution in [-0.4, -0.2) is 44.6 Å². The molecule has 1 aromatic rings. The summed E-state index contributed by atoms with van der Waals surface area (Å²) in [7, 11) is 0. The highest BCUT2D eigenvalue weighted by molar-refractivity contribution is 6.01. The first-order valence-corrected chi connectivity index (χ1v) is 9.53. The Balaban J connectivity index is 0.00000261. The maximum absolute atomic E-state index is 12.6. The van der Waals surface area contributed by atoms with Gasteiger partial charge in [-0.2, -0.15) is 0 Å². The fourth-order valence-corrected chi connectivity index (χ4v) is 3.73. The van der Waals surface area contributed by atoms with Gasteiger partial charge in [0.05, 0.1) is 18.2 Å². The molecule has 0 spiro atoms. The molecule has 3 rings (SSSR count). The predicted octanol–water partition coefficient (Wildman–Crippen LogP) is 2.37. The number of nitrogens with zero attached hydrogens (tertiary/aromatic N) is 1. The van der Waals surface area contributed by atoms with E-state index in [4.69, 9.17) is 4.74 Å². The third kappa shape index (κ3) is 5.14. The number of benzene rings is 1. The SMILES string of the molecule is CCOc1ccccc1N1CC(C(=O)NCC2(C)CCNCC2)CC1=O.Cl. The van der Waals surface area contributed by atoms with Gasteiger partial charge in [-0.25, -0.2) is 0 Å². The molecule has 0 radical (unpaired) electrons. The van der Waals surface area contributed by atoms with Crippen LogP contribution in [0.15, 0.2) is 24.3 Å². The topological polar surface area (TPSA) is 70.7 Å². The molecule has 1 atom stereocenters. The zero-order chi connectivity index (χ0) is 18.6. The Bertz CT molecular complexity index is 662. The van der Waals surface area contributed by atoms with Crippen LogP contribution in [0.1, 0.15) is 33.1 Å². The normalized spacial score (nSPS) is 21.5. The number of carbonyl (C=O) groups is 2. The Labute approximate surface area is 167 Å². The Kier molecular flexibility index (Phi) is 7.50. The number of amides is 2. The van der Waals surface area contributed by atoms with Gasteiger partial charge in [0.25, 0.3) is 0 Å². The van der Waals surface area contributed by atoms with Gasteiger partial charge in [-0.05, 0) is 50.4 Å². The number of anilines is 1. The van der Waals surface area contributed by atoms with Gasteiger partial charge in [-0.3, -0.25) is 9.59 Å². The summed E-state index contributed by atoms with van der Waals surface area (Å²) < 4.78 is 5.63. The number of nitrogens with one attached hydrogen (secondary N) is 2. The molecular weight excluding hydrogens is 366 g/mol. The number of para-hydroxylation sites is 2. The summed E-state index contributed by atoms with van der Waals surface area (Å²) in [5.74, 6) is 0.342. The van der Waals surface area contributed by atoms with Gasteiger partial charge in [0.15, 0.2) is 0 Å². The summed E-state index contributed by atoms with van der Waals surface area (Å²) in [6.07, 6.45) is 2.38. The standard InChI is InChI=1S/C20H29N3O3.ClH/c1-3-26-17-7-5-4-6-16(17)23-13-15(12-18(23)24)19(25)22-14-20(2)8-10-21-11-9-20;/h4-7,15,21H,3,8-14H2,1-2H3,(H,22,25);1H. The highest BCUT2D eigenvalue weighted by Crippen LogP contribution is 2.33. The van der Waals surface area contributed by atoms with Crippen molar-refractivity contribution in [2.24, 2.45) is 11.3 Å². The van der Waals surface area contributed by atoms with Gasteiger partial charge < -0.3 is 20.3 Å². The molecule has 2 saturated heterocycles. The van der Waals surface area contributed by atoms with Crippen LogP contribution in [0.3, 0.4) is 0 Å². The second-order valence-electron chi connectivity index (χ2n) is 7.58. The highest BCUT2D eigenvalue weighted by atomic mass is 35.5. The molecule has 2 N–H and O–H groups in total. The summed E-state index contributed by atoms with van der Waals surface area (Å²) in [6, 6.07) is 7.51. The molecule has 0 saturated carbocycles. The van der Waals surface area contributed by atoms with Crippen LogP contribution < -0.4 is 20.3 Å². The minimum Gasteiger partial charge on any atom is -0.492 e. The molecule has 1 unspecified atom stereocenters. The minimum atomic E-state index is -0.303. The third-order valence-electron chi connectivity index (χ3n) is 5.45. The molecule has 0 aromatic heterocycles. The van der Waals surface area contributed by atoms with E-state index in [1.54, 1.807) is 4.90 Å². The van der Waals surface area contributed by atoms with Crippen molar-refractivity contribution in [3.8, 4) is 5.75 Å². The van der Waals surface area contributed by atoms with Crippen molar-refractivity contribution in [3.05, 3.63) is 24.3 Å². The Morgan fingerprint density at radius 2 is 2.04 bits per heavy atom. The summed E-state index contributed by atoms with van der Waals surface area (Å²) in [4.78, 5) is 26.8. The average molecular weight is 396 g/mol. The number of halogens is 1. The molecular formula is C20H30ClN3O3. The number of rotatable bonds is 6. The summed E-state index contributed by atoms with van der Waals surface area (Å²) in [5, 5.41) is 6.44. The number of carbonyl (C=O) groups excluding carboxylic acids is 2. The van der Waals surface area contributed by atoms with Crippen molar-refractivity contribution < 1.29 is 14.3 Å². The highest BCUT2D eigenvalue weighted by Gasteiger charge is 2.37. The number of ether oxygens (including phenoxy) is 1. The van der Waals surface area contributed by atoms with E-state index in [1.165, 1.54) is 0 Å². The lowest BCUT2D eigenvalue weighted by Gasteiger charge is -2.34. The zero-order valence-electron chi connectivity index (χ0n) is 16.1. The molecule has 0 bridgehead atoms. The van der Waals surface area contributed by atoms with Crippen molar-refractivity contribution in [1.82, 2.24) is 10.6 Å². The monoisotopic (exact) mass is 395 g/mol. The molecule has 2 amide bonds. The van der Waals surface area contributed by atoms with E-state index in [-0.39, 0.29) is 42.0 Å². The van der Waals surface area contributed by atoms with E-state index in [0.29, 0.717) is 25.4 Å². The second-order valence-corrected chi connectivity index (χ2v) is 7.58.